The number of hydrogen-bond donors (Lipinski definition) is 1. The summed E-state index contributed by atoms with van der Waals surface area (Å²) in [6, 6.07) is 14.3. The Hall–Kier alpha value is -3.33. The molecule has 0 unspecified atom stereocenters. The van der Waals surface area contributed by atoms with Crippen LogP contribution in [-0.4, -0.2) is 39.9 Å². The second kappa shape index (κ2) is 10.5. The molecule has 0 aliphatic rings. The molecular weight excluding hydrogens is 334 g/mol. The van der Waals surface area contributed by atoms with E-state index in [4.69, 9.17) is 18.9 Å². The van der Waals surface area contributed by atoms with Crippen LogP contribution >= 0.6 is 0 Å². The molecule has 0 aliphatic heterocycles. The number of carbonyl (C=O) groups excluding carboxylic acids is 1. The molecule has 6 nitrogen and oxygen atoms in total. The first-order valence-electron chi connectivity index (χ1n) is 7.98. The molecule has 0 aliphatic carbocycles. The van der Waals surface area contributed by atoms with Gasteiger partial charge in [-0.3, -0.25) is 4.79 Å². The number of hydrogen-bond acceptors (Lipinski definition) is 5. The molecular formula is C20H21NO5. The first-order chi connectivity index (χ1) is 12.7. The van der Waals surface area contributed by atoms with E-state index in [1.807, 2.05) is 18.2 Å². The third-order valence-corrected chi connectivity index (χ3v) is 3.30. The molecule has 1 amide bonds. The second-order valence-corrected chi connectivity index (χ2v) is 5.03. The number of nitrogens with one attached hydrogen (secondary N) is 1. The van der Waals surface area contributed by atoms with Crippen LogP contribution < -0.4 is 24.3 Å². The molecule has 0 bridgehead atoms. The highest BCUT2D eigenvalue weighted by atomic mass is 16.5. The lowest BCUT2D eigenvalue weighted by Gasteiger charge is -2.07. The van der Waals surface area contributed by atoms with E-state index in [9.17, 15) is 4.79 Å². The highest BCUT2D eigenvalue weighted by Gasteiger charge is 2.02. The van der Waals surface area contributed by atoms with Crippen molar-refractivity contribution in [2.45, 2.75) is 0 Å². The summed E-state index contributed by atoms with van der Waals surface area (Å²) in [6.45, 7) is 0.352. The van der Waals surface area contributed by atoms with Gasteiger partial charge in [0.25, 0.3) is 5.91 Å². The van der Waals surface area contributed by atoms with E-state index in [-0.39, 0.29) is 25.7 Å². The number of amides is 1. The Kier molecular flexibility index (Phi) is 7.69. The zero-order chi connectivity index (χ0) is 18.6. The van der Waals surface area contributed by atoms with Gasteiger partial charge in [-0.25, -0.2) is 0 Å². The van der Waals surface area contributed by atoms with Gasteiger partial charge in [-0.1, -0.05) is 24.0 Å². The Bertz CT molecular complexity index is 762. The summed E-state index contributed by atoms with van der Waals surface area (Å²) in [5.74, 6) is 8.00. The van der Waals surface area contributed by atoms with E-state index < -0.39 is 0 Å². The maximum atomic E-state index is 11.7. The Morgan fingerprint density at radius 3 is 2.27 bits per heavy atom. The number of carbonyl (C=O) groups is 1. The zero-order valence-corrected chi connectivity index (χ0v) is 14.8. The smallest absolute Gasteiger partial charge is 0.258 e. The van der Waals surface area contributed by atoms with Crippen LogP contribution in [0, 0.1) is 11.8 Å². The monoisotopic (exact) mass is 355 g/mol. The molecule has 0 fully saturated rings. The van der Waals surface area contributed by atoms with Crippen LogP contribution in [0.1, 0.15) is 0 Å². The molecule has 2 rings (SSSR count). The molecule has 0 radical (unpaired) electrons. The predicted octanol–water partition coefficient (Wildman–Crippen LogP) is 2.28. The molecule has 0 saturated heterocycles. The van der Waals surface area contributed by atoms with Gasteiger partial charge in [0.05, 0.1) is 20.8 Å². The molecule has 0 atom stereocenters. The van der Waals surface area contributed by atoms with Crippen LogP contribution in [-0.2, 0) is 4.79 Å². The third-order valence-electron chi connectivity index (χ3n) is 3.30. The van der Waals surface area contributed by atoms with Gasteiger partial charge in [-0.05, 0) is 36.4 Å². The Morgan fingerprint density at radius 2 is 1.58 bits per heavy atom. The van der Waals surface area contributed by atoms with E-state index in [1.54, 1.807) is 44.6 Å². The van der Waals surface area contributed by atoms with Crippen LogP contribution in [0.5, 0.6) is 23.0 Å². The van der Waals surface area contributed by atoms with Crippen molar-refractivity contribution in [3.63, 3.8) is 0 Å². The van der Waals surface area contributed by atoms with Gasteiger partial charge < -0.3 is 24.3 Å². The highest BCUT2D eigenvalue weighted by Crippen LogP contribution is 2.25. The molecule has 26 heavy (non-hydrogen) atoms. The summed E-state index contributed by atoms with van der Waals surface area (Å²) in [7, 11) is 3.17. The number of rotatable bonds is 8. The lowest BCUT2D eigenvalue weighted by Crippen LogP contribution is -2.29. The molecule has 2 aromatic carbocycles. The van der Waals surface area contributed by atoms with Crippen molar-refractivity contribution in [1.82, 2.24) is 5.32 Å². The predicted molar refractivity (Wildman–Crippen MR) is 97.8 cm³/mol. The Labute approximate surface area is 153 Å². The standard InChI is InChI=1S/C20H21NO5/c1-23-16-9-11-17(12-10-16)26-15-20(22)21-13-5-6-14-25-19-8-4-3-7-18(19)24-2/h3-4,7-12H,13-15H2,1-2H3,(H,21,22). The average Bonchev–Trinajstić information content (AvgIpc) is 2.69. The first-order valence-corrected chi connectivity index (χ1v) is 7.98. The highest BCUT2D eigenvalue weighted by molar-refractivity contribution is 5.77. The van der Waals surface area contributed by atoms with Crippen LogP contribution in [0.15, 0.2) is 48.5 Å². The molecule has 1 N–H and O–H groups in total. The number of benzene rings is 2. The largest absolute Gasteiger partial charge is 0.497 e. The topological polar surface area (TPSA) is 66.0 Å². The third kappa shape index (κ3) is 6.29. The van der Waals surface area contributed by atoms with E-state index in [0.29, 0.717) is 17.2 Å². The van der Waals surface area contributed by atoms with Gasteiger partial charge in [0, 0.05) is 0 Å². The number of methoxy groups -OCH3 is 2. The summed E-state index contributed by atoms with van der Waals surface area (Å²) in [4.78, 5) is 11.7. The maximum absolute atomic E-state index is 11.7. The minimum Gasteiger partial charge on any atom is -0.497 e. The van der Waals surface area contributed by atoms with Gasteiger partial charge >= 0.3 is 0 Å². The molecule has 0 spiro atoms. The minimum absolute atomic E-state index is 0.0777. The van der Waals surface area contributed by atoms with Gasteiger partial charge in [-0.2, -0.15) is 0 Å². The van der Waals surface area contributed by atoms with Gasteiger partial charge in [0.15, 0.2) is 18.1 Å². The van der Waals surface area contributed by atoms with Crippen molar-refractivity contribution in [3.8, 4) is 34.8 Å². The van der Waals surface area contributed by atoms with Gasteiger partial charge in [-0.15, -0.1) is 0 Å². The minimum atomic E-state index is -0.249. The summed E-state index contributed by atoms with van der Waals surface area (Å²) in [5, 5.41) is 2.65. The molecule has 136 valence electrons. The summed E-state index contributed by atoms with van der Waals surface area (Å²) >= 11 is 0. The normalized spacial score (nSPS) is 9.46. The average molecular weight is 355 g/mol. The SMILES string of the molecule is COc1ccc(OCC(=O)NCC#CCOc2ccccc2OC)cc1. The Balaban J connectivity index is 1.64. The van der Waals surface area contributed by atoms with Gasteiger partial charge in [0.1, 0.15) is 18.1 Å². The lowest BCUT2D eigenvalue weighted by molar-refractivity contribution is -0.122. The molecule has 0 heterocycles. The fourth-order valence-electron chi connectivity index (χ4n) is 1.98. The van der Waals surface area contributed by atoms with Crippen LogP contribution in [0.2, 0.25) is 0 Å². The van der Waals surface area contributed by atoms with Crippen molar-refractivity contribution >= 4 is 5.91 Å². The summed E-state index contributed by atoms with van der Waals surface area (Å²) in [5.41, 5.74) is 0. The maximum Gasteiger partial charge on any atom is 0.258 e. The quantitative estimate of drug-likeness (QED) is 0.736. The molecule has 2 aromatic rings. The number of ether oxygens (including phenoxy) is 4. The number of para-hydroxylation sites is 2. The van der Waals surface area contributed by atoms with Crippen molar-refractivity contribution in [3.05, 3.63) is 48.5 Å². The van der Waals surface area contributed by atoms with Crippen molar-refractivity contribution in [2.24, 2.45) is 0 Å². The van der Waals surface area contributed by atoms with Crippen molar-refractivity contribution in [2.75, 3.05) is 34.0 Å². The van der Waals surface area contributed by atoms with E-state index in [0.717, 1.165) is 5.75 Å². The molecule has 0 saturated carbocycles. The van der Waals surface area contributed by atoms with Crippen LogP contribution in [0.25, 0.3) is 0 Å². The molecule has 0 aromatic heterocycles. The van der Waals surface area contributed by atoms with Crippen molar-refractivity contribution in [1.29, 1.82) is 0 Å². The fourth-order valence-corrected chi connectivity index (χ4v) is 1.98. The summed E-state index contributed by atoms with van der Waals surface area (Å²) < 4.78 is 21.1. The van der Waals surface area contributed by atoms with E-state index in [2.05, 4.69) is 17.2 Å². The zero-order valence-electron chi connectivity index (χ0n) is 14.8. The fraction of sp³-hybridized carbons (Fsp3) is 0.250. The van der Waals surface area contributed by atoms with Crippen LogP contribution in [0.4, 0.5) is 0 Å². The Morgan fingerprint density at radius 1 is 0.885 bits per heavy atom. The van der Waals surface area contributed by atoms with Crippen LogP contribution in [0.3, 0.4) is 0 Å². The van der Waals surface area contributed by atoms with E-state index in [1.165, 1.54) is 0 Å². The van der Waals surface area contributed by atoms with Gasteiger partial charge in [0.2, 0.25) is 0 Å². The van der Waals surface area contributed by atoms with E-state index >= 15 is 0 Å². The summed E-state index contributed by atoms with van der Waals surface area (Å²) in [6.07, 6.45) is 0. The second-order valence-electron chi connectivity index (χ2n) is 5.03. The van der Waals surface area contributed by atoms with Crippen molar-refractivity contribution < 1.29 is 23.7 Å². The first kappa shape index (κ1) is 19.0. The molecule has 6 heteroatoms. The lowest BCUT2D eigenvalue weighted by atomic mass is 10.3.